The molecule has 2 aliphatic carbocycles. The van der Waals surface area contributed by atoms with Crippen LogP contribution in [-0.2, 0) is 0 Å². The van der Waals surface area contributed by atoms with Gasteiger partial charge in [-0.25, -0.2) is 0 Å². The van der Waals surface area contributed by atoms with Gasteiger partial charge in [-0.3, -0.25) is 11.3 Å². The Morgan fingerprint density at radius 3 is 2.46 bits per heavy atom. The zero-order valence-electron chi connectivity index (χ0n) is 8.59. The fourth-order valence-corrected chi connectivity index (χ4v) is 3.04. The molecule has 2 saturated carbocycles. The van der Waals surface area contributed by atoms with Crippen LogP contribution in [0.25, 0.3) is 0 Å². The molecule has 0 amide bonds. The number of hydrazine groups is 1. The number of nitrogens with two attached hydrogens (primary N) is 1. The summed E-state index contributed by atoms with van der Waals surface area (Å²) in [6.07, 6.45) is 6.59. The van der Waals surface area contributed by atoms with Gasteiger partial charge in [0.25, 0.3) is 0 Å². The fourth-order valence-electron chi connectivity index (χ4n) is 3.04. The molecule has 2 fully saturated rings. The first-order chi connectivity index (χ1) is 6.24. The molecule has 3 atom stereocenters. The summed E-state index contributed by atoms with van der Waals surface area (Å²) >= 11 is 0. The van der Waals surface area contributed by atoms with Gasteiger partial charge in [0, 0.05) is 6.04 Å². The molecule has 0 radical (unpaired) electrons. The van der Waals surface area contributed by atoms with Crippen molar-refractivity contribution in [1.82, 2.24) is 5.43 Å². The van der Waals surface area contributed by atoms with Crippen molar-refractivity contribution >= 4 is 0 Å². The number of nitrogens with one attached hydrogen (secondary N) is 1. The van der Waals surface area contributed by atoms with Crippen LogP contribution in [-0.4, -0.2) is 6.04 Å². The molecule has 74 valence electrons. The summed E-state index contributed by atoms with van der Waals surface area (Å²) < 4.78 is 0. The van der Waals surface area contributed by atoms with Crippen LogP contribution in [0, 0.1) is 17.8 Å². The molecule has 0 aromatic carbocycles. The van der Waals surface area contributed by atoms with Crippen molar-refractivity contribution in [1.29, 1.82) is 0 Å². The highest BCUT2D eigenvalue weighted by molar-refractivity contribution is 5.13. The monoisotopic (exact) mass is 180 g/mol. The average Bonchev–Trinajstić information content (AvgIpc) is 2.58. The first-order valence-corrected chi connectivity index (χ1v) is 5.35. The number of hydrogen-bond donors (Lipinski definition) is 2. The maximum Gasteiger partial charge on any atom is 0.0426 e. The zero-order chi connectivity index (χ0) is 9.42. The highest BCUT2D eigenvalue weighted by atomic mass is 15.2. The van der Waals surface area contributed by atoms with Crippen molar-refractivity contribution in [2.75, 3.05) is 0 Å². The van der Waals surface area contributed by atoms with Gasteiger partial charge in [-0.05, 0) is 44.4 Å². The first-order valence-electron chi connectivity index (χ1n) is 5.35. The standard InChI is InChI=1S/C11H20N2/c1-7(2)6-10(13-12)11-8-4-3-5-9(8)11/h6,8-11,13H,3-5,12H2,1-2H3. The lowest BCUT2D eigenvalue weighted by atomic mass is 10.0. The van der Waals surface area contributed by atoms with Gasteiger partial charge in [0.2, 0.25) is 0 Å². The number of fused-ring (bicyclic) bond motifs is 1. The predicted molar refractivity (Wildman–Crippen MR) is 54.9 cm³/mol. The van der Waals surface area contributed by atoms with Crippen molar-refractivity contribution < 1.29 is 0 Å². The minimum Gasteiger partial charge on any atom is -0.271 e. The van der Waals surface area contributed by atoms with E-state index in [1.54, 1.807) is 0 Å². The van der Waals surface area contributed by atoms with E-state index in [1.807, 2.05) is 0 Å². The Morgan fingerprint density at radius 1 is 1.38 bits per heavy atom. The Balaban J connectivity index is 1.96. The molecule has 0 bridgehead atoms. The van der Waals surface area contributed by atoms with Gasteiger partial charge in [-0.1, -0.05) is 18.1 Å². The molecule has 2 aliphatic rings. The summed E-state index contributed by atoms with van der Waals surface area (Å²) in [4.78, 5) is 0. The Kier molecular flexibility index (Phi) is 2.43. The summed E-state index contributed by atoms with van der Waals surface area (Å²) in [6, 6.07) is 0.431. The zero-order valence-corrected chi connectivity index (χ0v) is 8.59. The van der Waals surface area contributed by atoms with E-state index in [2.05, 4.69) is 25.3 Å². The van der Waals surface area contributed by atoms with Crippen LogP contribution < -0.4 is 11.3 Å². The van der Waals surface area contributed by atoms with E-state index in [0.29, 0.717) is 6.04 Å². The lowest BCUT2D eigenvalue weighted by Gasteiger charge is -2.14. The van der Waals surface area contributed by atoms with Crippen molar-refractivity contribution in [3.05, 3.63) is 11.6 Å². The van der Waals surface area contributed by atoms with Gasteiger partial charge in [0.1, 0.15) is 0 Å². The molecule has 0 saturated heterocycles. The molecule has 2 heteroatoms. The van der Waals surface area contributed by atoms with Crippen LogP contribution in [0.3, 0.4) is 0 Å². The molecule has 0 aliphatic heterocycles. The summed E-state index contributed by atoms with van der Waals surface area (Å²) in [5, 5.41) is 0. The molecule has 13 heavy (non-hydrogen) atoms. The second-order valence-electron chi connectivity index (χ2n) is 4.77. The van der Waals surface area contributed by atoms with Crippen molar-refractivity contribution in [3.63, 3.8) is 0 Å². The van der Waals surface area contributed by atoms with E-state index < -0.39 is 0 Å². The van der Waals surface area contributed by atoms with Crippen molar-refractivity contribution in [2.45, 2.75) is 39.2 Å². The normalized spacial score (nSPS) is 38.2. The van der Waals surface area contributed by atoms with Gasteiger partial charge in [0.15, 0.2) is 0 Å². The maximum atomic E-state index is 5.57. The quantitative estimate of drug-likeness (QED) is 0.395. The Bertz CT molecular complexity index is 208. The number of hydrogen-bond acceptors (Lipinski definition) is 2. The van der Waals surface area contributed by atoms with Crippen LogP contribution in [0.15, 0.2) is 11.6 Å². The molecule has 0 aromatic rings. The summed E-state index contributed by atoms with van der Waals surface area (Å²) in [5.74, 6) is 8.38. The summed E-state index contributed by atoms with van der Waals surface area (Å²) in [5.41, 5.74) is 4.32. The highest BCUT2D eigenvalue weighted by Gasteiger charge is 2.55. The second-order valence-corrected chi connectivity index (χ2v) is 4.77. The summed E-state index contributed by atoms with van der Waals surface area (Å²) in [6.45, 7) is 4.28. The lowest BCUT2D eigenvalue weighted by Crippen LogP contribution is -2.36. The molecular formula is C11H20N2. The highest BCUT2D eigenvalue weighted by Crippen LogP contribution is 2.59. The Morgan fingerprint density at radius 2 is 2.00 bits per heavy atom. The SMILES string of the molecule is CC(C)=CC(NN)C1C2CCCC21. The third kappa shape index (κ3) is 1.65. The average molecular weight is 180 g/mol. The number of allylic oxidation sites excluding steroid dienone is 1. The van der Waals surface area contributed by atoms with Gasteiger partial charge >= 0.3 is 0 Å². The van der Waals surface area contributed by atoms with E-state index in [-0.39, 0.29) is 0 Å². The number of rotatable bonds is 3. The van der Waals surface area contributed by atoms with Gasteiger partial charge < -0.3 is 0 Å². The molecule has 0 aromatic heterocycles. The Hall–Kier alpha value is -0.340. The maximum absolute atomic E-state index is 5.57. The molecule has 2 nitrogen and oxygen atoms in total. The van der Waals surface area contributed by atoms with Crippen LogP contribution in [0.4, 0.5) is 0 Å². The van der Waals surface area contributed by atoms with E-state index in [4.69, 9.17) is 5.84 Å². The van der Waals surface area contributed by atoms with Crippen LogP contribution >= 0.6 is 0 Å². The topological polar surface area (TPSA) is 38.0 Å². The minimum absolute atomic E-state index is 0.431. The van der Waals surface area contributed by atoms with Gasteiger partial charge in [0.05, 0.1) is 0 Å². The predicted octanol–water partition coefficient (Wildman–Crippen LogP) is 1.83. The third-order valence-electron chi connectivity index (χ3n) is 3.59. The summed E-state index contributed by atoms with van der Waals surface area (Å²) in [7, 11) is 0. The van der Waals surface area contributed by atoms with Crippen LogP contribution in [0.5, 0.6) is 0 Å². The first kappa shape index (κ1) is 9.22. The van der Waals surface area contributed by atoms with Crippen molar-refractivity contribution in [3.8, 4) is 0 Å². The lowest BCUT2D eigenvalue weighted by molar-refractivity contribution is 0.470. The van der Waals surface area contributed by atoms with Crippen molar-refractivity contribution in [2.24, 2.45) is 23.6 Å². The molecule has 0 spiro atoms. The largest absolute Gasteiger partial charge is 0.271 e. The molecule has 3 unspecified atom stereocenters. The molecular weight excluding hydrogens is 160 g/mol. The second kappa shape index (κ2) is 3.43. The molecule has 0 heterocycles. The van der Waals surface area contributed by atoms with Crippen LogP contribution in [0.1, 0.15) is 33.1 Å². The van der Waals surface area contributed by atoms with E-state index in [9.17, 15) is 0 Å². The Labute approximate surface area is 80.5 Å². The minimum atomic E-state index is 0.431. The van der Waals surface area contributed by atoms with E-state index in [1.165, 1.54) is 24.8 Å². The molecule has 2 rings (SSSR count). The fraction of sp³-hybridized carbons (Fsp3) is 0.818. The molecule has 3 N–H and O–H groups in total. The van der Waals surface area contributed by atoms with Gasteiger partial charge in [-0.15, -0.1) is 0 Å². The van der Waals surface area contributed by atoms with E-state index in [0.717, 1.165) is 17.8 Å². The smallest absolute Gasteiger partial charge is 0.0426 e. The van der Waals surface area contributed by atoms with E-state index >= 15 is 0 Å². The van der Waals surface area contributed by atoms with Gasteiger partial charge in [-0.2, -0.15) is 0 Å². The third-order valence-corrected chi connectivity index (χ3v) is 3.59. The van der Waals surface area contributed by atoms with Crippen LogP contribution in [0.2, 0.25) is 0 Å².